The zero-order valence-corrected chi connectivity index (χ0v) is 11.7. The van der Waals surface area contributed by atoms with Crippen molar-refractivity contribution < 1.29 is 4.79 Å². The van der Waals surface area contributed by atoms with Gasteiger partial charge in [-0.25, -0.2) is 0 Å². The molecule has 0 saturated carbocycles. The van der Waals surface area contributed by atoms with Crippen molar-refractivity contribution in [3.63, 3.8) is 0 Å². The minimum absolute atomic E-state index is 0.122. The molecule has 0 amide bonds. The maximum Gasteiger partial charge on any atom is 0.165 e. The predicted molar refractivity (Wildman–Crippen MR) is 73.2 cm³/mol. The summed E-state index contributed by atoms with van der Waals surface area (Å²) in [5.74, 6) is 0.122. The van der Waals surface area contributed by atoms with Crippen LogP contribution in [0.1, 0.15) is 55.7 Å². The Labute approximate surface area is 113 Å². The zero-order valence-electron chi connectivity index (χ0n) is 11.7. The SMILES string of the molecule is CCC(=O)c1cnn(Cc2ccn(C(C)CC)n2)c1. The van der Waals surface area contributed by atoms with E-state index >= 15 is 0 Å². The molecule has 0 fully saturated rings. The van der Waals surface area contributed by atoms with Crippen molar-refractivity contribution in [2.75, 3.05) is 0 Å². The number of hydrogen-bond donors (Lipinski definition) is 0. The van der Waals surface area contributed by atoms with Crippen LogP contribution in [0, 0.1) is 0 Å². The van der Waals surface area contributed by atoms with Crippen LogP contribution < -0.4 is 0 Å². The fourth-order valence-electron chi connectivity index (χ4n) is 1.86. The highest BCUT2D eigenvalue weighted by Crippen LogP contribution is 2.10. The number of rotatable bonds is 6. The Morgan fingerprint density at radius 2 is 2.21 bits per heavy atom. The van der Waals surface area contributed by atoms with Gasteiger partial charge in [0.15, 0.2) is 5.78 Å². The quantitative estimate of drug-likeness (QED) is 0.750. The van der Waals surface area contributed by atoms with E-state index in [1.54, 1.807) is 17.1 Å². The molecule has 0 aliphatic rings. The van der Waals surface area contributed by atoms with Crippen molar-refractivity contribution in [1.29, 1.82) is 0 Å². The maximum absolute atomic E-state index is 11.5. The first kappa shape index (κ1) is 13.5. The van der Waals surface area contributed by atoms with E-state index < -0.39 is 0 Å². The van der Waals surface area contributed by atoms with Crippen LogP contribution in [0.5, 0.6) is 0 Å². The Balaban J connectivity index is 2.07. The van der Waals surface area contributed by atoms with Gasteiger partial charge in [-0.3, -0.25) is 14.2 Å². The molecule has 2 aromatic heterocycles. The molecule has 2 heterocycles. The molecule has 0 saturated heterocycles. The van der Waals surface area contributed by atoms with Crippen LogP contribution in [0.25, 0.3) is 0 Å². The molecule has 0 radical (unpaired) electrons. The first-order valence-electron chi connectivity index (χ1n) is 6.73. The highest BCUT2D eigenvalue weighted by Gasteiger charge is 2.08. The van der Waals surface area contributed by atoms with Gasteiger partial charge in [-0.05, 0) is 19.4 Å². The third-order valence-electron chi connectivity index (χ3n) is 3.31. The molecule has 1 unspecified atom stereocenters. The summed E-state index contributed by atoms with van der Waals surface area (Å²) >= 11 is 0. The summed E-state index contributed by atoms with van der Waals surface area (Å²) < 4.78 is 3.73. The lowest BCUT2D eigenvalue weighted by Crippen LogP contribution is -2.06. The average Bonchev–Trinajstić information content (AvgIpc) is 3.07. The second-order valence-electron chi connectivity index (χ2n) is 4.75. The molecule has 0 spiro atoms. The van der Waals surface area contributed by atoms with Crippen LogP contribution in [0.3, 0.4) is 0 Å². The second-order valence-corrected chi connectivity index (χ2v) is 4.75. The molecule has 2 rings (SSSR count). The normalized spacial score (nSPS) is 12.6. The van der Waals surface area contributed by atoms with E-state index in [0.717, 1.165) is 12.1 Å². The average molecular weight is 260 g/mol. The zero-order chi connectivity index (χ0) is 13.8. The van der Waals surface area contributed by atoms with Crippen LogP contribution in [0.4, 0.5) is 0 Å². The summed E-state index contributed by atoms with van der Waals surface area (Å²) in [4.78, 5) is 11.5. The Kier molecular flexibility index (Phi) is 4.14. The van der Waals surface area contributed by atoms with E-state index in [0.29, 0.717) is 24.6 Å². The van der Waals surface area contributed by atoms with Crippen molar-refractivity contribution in [1.82, 2.24) is 19.6 Å². The minimum atomic E-state index is 0.122. The van der Waals surface area contributed by atoms with E-state index in [9.17, 15) is 4.79 Å². The lowest BCUT2D eigenvalue weighted by molar-refractivity contribution is 0.0988. The number of carbonyl (C=O) groups is 1. The monoisotopic (exact) mass is 260 g/mol. The fourth-order valence-corrected chi connectivity index (χ4v) is 1.86. The van der Waals surface area contributed by atoms with Gasteiger partial charge in [0.25, 0.3) is 0 Å². The molecule has 1 atom stereocenters. The summed E-state index contributed by atoms with van der Waals surface area (Å²) in [7, 11) is 0. The molecule has 5 heteroatoms. The summed E-state index contributed by atoms with van der Waals surface area (Å²) in [5, 5.41) is 8.72. The molecular weight excluding hydrogens is 240 g/mol. The number of nitrogens with zero attached hydrogens (tertiary/aromatic N) is 4. The van der Waals surface area contributed by atoms with E-state index in [4.69, 9.17) is 0 Å². The van der Waals surface area contributed by atoms with Crippen LogP contribution in [0.2, 0.25) is 0 Å². The molecule has 0 aliphatic heterocycles. The summed E-state index contributed by atoms with van der Waals surface area (Å²) in [5.41, 5.74) is 1.63. The molecule has 0 aliphatic carbocycles. The first-order valence-corrected chi connectivity index (χ1v) is 6.73. The lowest BCUT2D eigenvalue weighted by Gasteiger charge is -2.08. The smallest absolute Gasteiger partial charge is 0.165 e. The molecule has 0 aromatic carbocycles. The van der Waals surface area contributed by atoms with Gasteiger partial charge in [0.2, 0.25) is 0 Å². The van der Waals surface area contributed by atoms with Crippen molar-refractivity contribution in [2.45, 2.75) is 46.2 Å². The predicted octanol–water partition coefficient (Wildman–Crippen LogP) is 2.69. The van der Waals surface area contributed by atoms with Gasteiger partial charge in [0, 0.05) is 24.9 Å². The largest absolute Gasteiger partial charge is 0.294 e. The fraction of sp³-hybridized carbons (Fsp3) is 0.500. The van der Waals surface area contributed by atoms with E-state index in [1.807, 2.05) is 23.9 Å². The molecule has 5 nitrogen and oxygen atoms in total. The minimum Gasteiger partial charge on any atom is -0.294 e. The van der Waals surface area contributed by atoms with Gasteiger partial charge in [-0.1, -0.05) is 13.8 Å². The van der Waals surface area contributed by atoms with E-state index in [-0.39, 0.29) is 5.78 Å². The van der Waals surface area contributed by atoms with E-state index in [2.05, 4.69) is 24.0 Å². The van der Waals surface area contributed by atoms with Gasteiger partial charge in [0.05, 0.1) is 24.0 Å². The van der Waals surface area contributed by atoms with Crippen LogP contribution >= 0.6 is 0 Å². The van der Waals surface area contributed by atoms with Crippen LogP contribution in [-0.4, -0.2) is 25.3 Å². The summed E-state index contributed by atoms with van der Waals surface area (Å²) in [6.45, 7) is 6.73. The maximum atomic E-state index is 11.5. The van der Waals surface area contributed by atoms with Gasteiger partial charge >= 0.3 is 0 Å². The Morgan fingerprint density at radius 3 is 2.89 bits per heavy atom. The highest BCUT2D eigenvalue weighted by molar-refractivity contribution is 5.95. The molecule has 0 bridgehead atoms. The van der Waals surface area contributed by atoms with Crippen LogP contribution in [-0.2, 0) is 6.54 Å². The van der Waals surface area contributed by atoms with Crippen molar-refractivity contribution in [2.24, 2.45) is 0 Å². The third-order valence-corrected chi connectivity index (χ3v) is 3.31. The number of ketones is 1. The lowest BCUT2D eigenvalue weighted by atomic mass is 10.2. The van der Waals surface area contributed by atoms with Gasteiger partial charge in [-0.15, -0.1) is 0 Å². The van der Waals surface area contributed by atoms with Gasteiger partial charge < -0.3 is 0 Å². The van der Waals surface area contributed by atoms with Crippen LogP contribution in [0.15, 0.2) is 24.7 Å². The van der Waals surface area contributed by atoms with Gasteiger partial charge in [0.1, 0.15) is 0 Å². The topological polar surface area (TPSA) is 52.7 Å². The van der Waals surface area contributed by atoms with E-state index in [1.165, 1.54) is 0 Å². The number of carbonyl (C=O) groups excluding carboxylic acids is 1. The molecule has 0 N–H and O–H groups in total. The molecule has 19 heavy (non-hydrogen) atoms. The summed E-state index contributed by atoms with van der Waals surface area (Å²) in [6, 6.07) is 2.40. The molecular formula is C14H20N4O. The number of hydrogen-bond acceptors (Lipinski definition) is 3. The van der Waals surface area contributed by atoms with Crippen molar-refractivity contribution >= 4 is 5.78 Å². The Bertz CT molecular complexity index is 555. The summed E-state index contributed by atoms with van der Waals surface area (Å²) in [6.07, 6.45) is 6.96. The Hall–Kier alpha value is -1.91. The number of Topliss-reactive ketones (excluding diaryl/α,β-unsaturated/α-hetero) is 1. The Morgan fingerprint density at radius 1 is 1.42 bits per heavy atom. The van der Waals surface area contributed by atoms with Gasteiger partial charge in [-0.2, -0.15) is 10.2 Å². The van der Waals surface area contributed by atoms with Crippen molar-refractivity contribution in [3.05, 3.63) is 35.9 Å². The first-order chi connectivity index (χ1) is 9.13. The van der Waals surface area contributed by atoms with Crippen molar-refractivity contribution in [3.8, 4) is 0 Å². The highest BCUT2D eigenvalue weighted by atomic mass is 16.1. The third kappa shape index (κ3) is 3.10. The number of aromatic nitrogens is 4. The molecule has 2 aromatic rings. The second kappa shape index (κ2) is 5.82. The molecule has 102 valence electrons. The standard InChI is InChI=1S/C14H20N4O/c1-4-11(3)18-7-6-13(16-18)10-17-9-12(8-15-17)14(19)5-2/h6-9,11H,4-5,10H2,1-3H3.